The number of para-hydroxylation sites is 1. The van der Waals surface area contributed by atoms with Crippen LogP contribution >= 0.6 is 0 Å². The molecule has 24 heavy (non-hydrogen) atoms. The molecule has 1 aromatic heterocycles. The molecule has 3 heterocycles. The van der Waals surface area contributed by atoms with Gasteiger partial charge in [0.15, 0.2) is 0 Å². The molecule has 1 atom stereocenters. The first-order valence-electron chi connectivity index (χ1n) is 8.51. The number of nitrogens with one attached hydrogen (secondary N) is 1. The fourth-order valence-corrected chi connectivity index (χ4v) is 4.75. The zero-order valence-electron chi connectivity index (χ0n) is 13.6. The molecule has 1 fully saturated rings. The summed E-state index contributed by atoms with van der Waals surface area (Å²) in [5.41, 5.74) is 1.03. The van der Waals surface area contributed by atoms with Crippen LogP contribution in [0, 0.1) is 0 Å². The number of aromatic nitrogens is 1. The Kier molecular flexibility index (Phi) is 4.60. The number of hydrogen-bond donors (Lipinski definition) is 1. The lowest BCUT2D eigenvalue weighted by Gasteiger charge is -2.32. The van der Waals surface area contributed by atoms with Crippen molar-refractivity contribution in [2.24, 2.45) is 0 Å². The summed E-state index contributed by atoms with van der Waals surface area (Å²) in [6.45, 7) is 6.38. The minimum absolute atomic E-state index is 0.818. The molecule has 0 radical (unpaired) electrons. The first-order chi connectivity index (χ1) is 11.8. The van der Waals surface area contributed by atoms with Crippen LogP contribution in [0.25, 0.3) is 0 Å². The van der Waals surface area contributed by atoms with Crippen LogP contribution in [0.2, 0.25) is 0 Å². The first-order valence-corrected chi connectivity index (χ1v) is 9.66. The lowest BCUT2D eigenvalue weighted by atomic mass is 10.2. The van der Waals surface area contributed by atoms with Crippen molar-refractivity contribution >= 4 is 22.3 Å². The predicted octanol–water partition coefficient (Wildman–Crippen LogP) is 2.00. The molecule has 0 saturated carbocycles. The molecule has 6 heteroatoms. The average Bonchev–Trinajstić information content (AvgIpc) is 2.65. The van der Waals surface area contributed by atoms with Gasteiger partial charge in [-0.15, -0.1) is 0 Å². The Hall–Kier alpha value is -1.76. The van der Waals surface area contributed by atoms with Crippen molar-refractivity contribution in [3.05, 3.63) is 42.6 Å². The number of rotatable bonds is 4. The summed E-state index contributed by atoms with van der Waals surface area (Å²) in [7, 11) is -1.14. The molecule has 126 valence electrons. The fourth-order valence-electron chi connectivity index (χ4n) is 3.41. The van der Waals surface area contributed by atoms with Crippen LogP contribution in [0.1, 0.15) is 6.42 Å². The number of fused-ring (bicyclic) bond motifs is 2. The van der Waals surface area contributed by atoms with Gasteiger partial charge in [0.25, 0.3) is 0 Å². The summed E-state index contributed by atoms with van der Waals surface area (Å²) in [5, 5.41) is 3.39. The number of hydrogen-bond acceptors (Lipinski definition) is 5. The Morgan fingerprint density at radius 3 is 2.71 bits per heavy atom. The van der Waals surface area contributed by atoms with Gasteiger partial charge in [0, 0.05) is 38.9 Å². The molecule has 1 aromatic carbocycles. The van der Waals surface area contributed by atoms with Crippen molar-refractivity contribution in [1.82, 2.24) is 15.2 Å². The molecule has 5 nitrogen and oxygen atoms in total. The topological polar surface area (TPSA) is 48.5 Å². The number of anilines is 2. The second kappa shape index (κ2) is 7.01. The van der Waals surface area contributed by atoms with Gasteiger partial charge < -0.3 is 15.1 Å². The van der Waals surface area contributed by atoms with Crippen molar-refractivity contribution < 1.29 is 4.21 Å². The lowest BCUT2D eigenvalue weighted by molar-refractivity contribution is 0.239. The minimum atomic E-state index is -1.14. The van der Waals surface area contributed by atoms with Crippen LogP contribution in [0.15, 0.2) is 52.4 Å². The number of piperazine rings is 1. The monoisotopic (exact) mass is 342 g/mol. The molecule has 2 aliphatic heterocycles. The first kappa shape index (κ1) is 15.7. The van der Waals surface area contributed by atoms with Gasteiger partial charge in [-0.1, -0.05) is 12.1 Å². The average molecular weight is 342 g/mol. The largest absolute Gasteiger partial charge is 0.324 e. The maximum atomic E-state index is 12.8. The van der Waals surface area contributed by atoms with Crippen LogP contribution in [0.3, 0.4) is 0 Å². The molecule has 0 bridgehead atoms. The zero-order valence-corrected chi connectivity index (χ0v) is 14.5. The summed E-state index contributed by atoms with van der Waals surface area (Å²) in [6.07, 6.45) is 2.85. The molecule has 1 unspecified atom stereocenters. The predicted molar refractivity (Wildman–Crippen MR) is 96.3 cm³/mol. The number of pyridine rings is 1. The Morgan fingerprint density at radius 2 is 1.83 bits per heavy atom. The maximum absolute atomic E-state index is 12.8. The molecule has 2 aromatic rings. The van der Waals surface area contributed by atoms with Gasteiger partial charge in [0.1, 0.15) is 5.82 Å². The van der Waals surface area contributed by atoms with Crippen molar-refractivity contribution in [2.75, 3.05) is 44.2 Å². The molecule has 0 aliphatic carbocycles. The third-order valence-corrected chi connectivity index (χ3v) is 6.09. The quantitative estimate of drug-likeness (QED) is 0.921. The van der Waals surface area contributed by atoms with E-state index in [0.717, 1.165) is 67.0 Å². The van der Waals surface area contributed by atoms with Crippen molar-refractivity contribution in [1.29, 1.82) is 0 Å². The van der Waals surface area contributed by atoms with E-state index in [2.05, 4.69) is 26.2 Å². The van der Waals surface area contributed by atoms with E-state index in [1.807, 2.05) is 30.3 Å². The van der Waals surface area contributed by atoms with Gasteiger partial charge in [0.2, 0.25) is 0 Å². The van der Waals surface area contributed by atoms with Gasteiger partial charge in [-0.2, -0.15) is 0 Å². The Balaban J connectivity index is 1.56. The van der Waals surface area contributed by atoms with Gasteiger partial charge >= 0.3 is 0 Å². The van der Waals surface area contributed by atoms with E-state index in [1.54, 1.807) is 6.20 Å². The molecule has 0 spiro atoms. The third kappa shape index (κ3) is 2.97. The van der Waals surface area contributed by atoms with Crippen LogP contribution in [0.5, 0.6) is 0 Å². The highest BCUT2D eigenvalue weighted by Crippen LogP contribution is 2.40. The molecular weight excluding hydrogens is 320 g/mol. The van der Waals surface area contributed by atoms with Crippen LogP contribution < -0.4 is 10.2 Å². The minimum Gasteiger partial charge on any atom is -0.324 e. The highest BCUT2D eigenvalue weighted by atomic mass is 32.2. The van der Waals surface area contributed by atoms with Crippen LogP contribution in [-0.2, 0) is 10.8 Å². The Bertz CT molecular complexity index is 696. The van der Waals surface area contributed by atoms with Crippen molar-refractivity contribution in [3.8, 4) is 0 Å². The van der Waals surface area contributed by atoms with Crippen molar-refractivity contribution in [3.63, 3.8) is 0 Å². The number of benzene rings is 1. The fraction of sp³-hybridized carbons (Fsp3) is 0.389. The summed E-state index contributed by atoms with van der Waals surface area (Å²) >= 11 is 0. The zero-order chi connectivity index (χ0) is 16.4. The van der Waals surface area contributed by atoms with E-state index in [4.69, 9.17) is 0 Å². The SMILES string of the molecule is O=S1c2ccccc2N(CCCN2CCNCC2)c2ncccc21. The molecule has 4 rings (SSSR count). The molecule has 1 saturated heterocycles. The number of nitrogens with zero attached hydrogens (tertiary/aromatic N) is 3. The van der Waals surface area contributed by atoms with E-state index in [1.165, 1.54) is 0 Å². The maximum Gasteiger partial charge on any atom is 0.149 e. The van der Waals surface area contributed by atoms with E-state index in [9.17, 15) is 4.21 Å². The molecule has 1 N–H and O–H groups in total. The Morgan fingerprint density at radius 1 is 1.04 bits per heavy atom. The van der Waals surface area contributed by atoms with Gasteiger partial charge in [-0.05, 0) is 37.2 Å². The van der Waals surface area contributed by atoms with E-state index < -0.39 is 10.8 Å². The smallest absolute Gasteiger partial charge is 0.149 e. The molecule has 2 aliphatic rings. The Labute approximate surface area is 145 Å². The van der Waals surface area contributed by atoms with Crippen LogP contribution in [0.4, 0.5) is 11.5 Å². The van der Waals surface area contributed by atoms with Gasteiger partial charge in [0.05, 0.1) is 26.3 Å². The lowest BCUT2D eigenvalue weighted by Crippen LogP contribution is -2.44. The standard InChI is InChI=1S/C18H22N4OS/c23-24-16-6-2-1-5-15(16)22(18-17(24)7-3-8-20-18)12-4-11-21-13-9-19-10-14-21/h1-3,5-8,19H,4,9-14H2. The molecule has 0 amide bonds. The summed E-state index contributed by atoms with van der Waals surface area (Å²) < 4.78 is 12.8. The second-order valence-electron chi connectivity index (χ2n) is 6.16. The van der Waals surface area contributed by atoms with E-state index >= 15 is 0 Å². The highest BCUT2D eigenvalue weighted by Gasteiger charge is 2.28. The van der Waals surface area contributed by atoms with E-state index in [-0.39, 0.29) is 0 Å². The second-order valence-corrected chi connectivity index (χ2v) is 7.58. The summed E-state index contributed by atoms with van der Waals surface area (Å²) in [6, 6.07) is 11.8. The molecular formula is C18H22N4OS. The van der Waals surface area contributed by atoms with Crippen molar-refractivity contribution in [2.45, 2.75) is 16.2 Å². The third-order valence-electron chi connectivity index (χ3n) is 4.63. The summed E-state index contributed by atoms with van der Waals surface area (Å²) in [4.78, 5) is 11.0. The normalized spacial score (nSPS) is 20.5. The van der Waals surface area contributed by atoms with Gasteiger partial charge in [-0.3, -0.25) is 0 Å². The van der Waals surface area contributed by atoms with Crippen LogP contribution in [-0.4, -0.2) is 53.4 Å². The van der Waals surface area contributed by atoms with E-state index in [0.29, 0.717) is 0 Å². The highest BCUT2D eigenvalue weighted by molar-refractivity contribution is 7.85. The van der Waals surface area contributed by atoms with Gasteiger partial charge in [-0.25, -0.2) is 9.19 Å². The summed E-state index contributed by atoms with van der Waals surface area (Å²) in [5.74, 6) is 0.842.